The van der Waals surface area contributed by atoms with Crippen LogP contribution in [0, 0.1) is 0 Å². The quantitative estimate of drug-likeness (QED) is 0.605. The zero-order chi connectivity index (χ0) is 9.64. The Morgan fingerprint density at radius 1 is 1.14 bits per heavy atom. The van der Waals surface area contributed by atoms with Gasteiger partial charge in [0.25, 0.3) is 0 Å². The number of rotatable bonds is 6. The molecule has 2 rings (SSSR count). The lowest BCUT2D eigenvalue weighted by molar-refractivity contribution is 0.236. The van der Waals surface area contributed by atoms with Crippen molar-refractivity contribution in [1.82, 2.24) is 15.5 Å². The van der Waals surface area contributed by atoms with Crippen molar-refractivity contribution in [2.24, 2.45) is 0 Å². The van der Waals surface area contributed by atoms with Gasteiger partial charge in [-0.3, -0.25) is 0 Å². The second-order valence-corrected chi connectivity index (χ2v) is 4.53. The highest BCUT2D eigenvalue weighted by Gasteiger charge is 2.19. The fourth-order valence-corrected chi connectivity index (χ4v) is 1.99. The second kappa shape index (κ2) is 5.69. The van der Waals surface area contributed by atoms with E-state index in [-0.39, 0.29) is 0 Å². The van der Waals surface area contributed by atoms with Gasteiger partial charge in [0.15, 0.2) is 0 Å². The van der Waals surface area contributed by atoms with Crippen molar-refractivity contribution < 1.29 is 0 Å². The summed E-state index contributed by atoms with van der Waals surface area (Å²) in [4.78, 5) is 2.58. The van der Waals surface area contributed by atoms with E-state index in [0.717, 1.165) is 6.04 Å². The molecule has 14 heavy (non-hydrogen) atoms. The van der Waals surface area contributed by atoms with Crippen LogP contribution in [-0.2, 0) is 0 Å². The van der Waals surface area contributed by atoms with Crippen LogP contribution in [-0.4, -0.2) is 50.2 Å². The van der Waals surface area contributed by atoms with Gasteiger partial charge in [-0.2, -0.15) is 0 Å². The van der Waals surface area contributed by atoms with Crippen molar-refractivity contribution in [2.45, 2.75) is 31.7 Å². The minimum Gasteiger partial charge on any atom is -0.314 e. The maximum absolute atomic E-state index is 3.56. The molecule has 0 spiro atoms. The molecule has 1 saturated heterocycles. The van der Waals surface area contributed by atoms with Crippen molar-refractivity contribution in [3.8, 4) is 0 Å². The molecule has 0 aromatic rings. The minimum atomic E-state index is 0.884. The number of hydrogen-bond acceptors (Lipinski definition) is 3. The highest BCUT2D eigenvalue weighted by Crippen LogP contribution is 2.18. The molecule has 1 aliphatic heterocycles. The van der Waals surface area contributed by atoms with Crippen LogP contribution in [0.5, 0.6) is 0 Å². The van der Waals surface area contributed by atoms with Crippen LogP contribution in [0.2, 0.25) is 0 Å². The van der Waals surface area contributed by atoms with Gasteiger partial charge in [0.2, 0.25) is 0 Å². The molecule has 1 aliphatic carbocycles. The number of hydrogen-bond donors (Lipinski definition) is 2. The van der Waals surface area contributed by atoms with E-state index in [1.165, 1.54) is 65.0 Å². The fourth-order valence-electron chi connectivity index (χ4n) is 1.99. The van der Waals surface area contributed by atoms with E-state index in [1.807, 2.05) is 0 Å². The highest BCUT2D eigenvalue weighted by atomic mass is 15.2. The minimum absolute atomic E-state index is 0.884. The lowest BCUT2D eigenvalue weighted by atomic mass is 10.2. The van der Waals surface area contributed by atoms with Crippen LogP contribution in [0.25, 0.3) is 0 Å². The average molecular weight is 197 g/mol. The topological polar surface area (TPSA) is 27.3 Å². The summed E-state index contributed by atoms with van der Waals surface area (Å²) in [6.07, 6.45) is 5.54. The molecule has 2 fully saturated rings. The van der Waals surface area contributed by atoms with Crippen molar-refractivity contribution in [3.63, 3.8) is 0 Å². The van der Waals surface area contributed by atoms with Gasteiger partial charge in [0, 0.05) is 32.2 Å². The lowest BCUT2D eigenvalue weighted by Crippen LogP contribution is -2.43. The molecule has 82 valence electrons. The molecule has 1 heterocycles. The lowest BCUT2D eigenvalue weighted by Gasteiger charge is -2.27. The Kier molecular flexibility index (Phi) is 4.22. The largest absolute Gasteiger partial charge is 0.314 e. The normalized spacial score (nSPS) is 24.0. The van der Waals surface area contributed by atoms with Gasteiger partial charge in [0.1, 0.15) is 0 Å². The third-order valence-corrected chi connectivity index (χ3v) is 3.12. The van der Waals surface area contributed by atoms with Crippen LogP contribution in [0.3, 0.4) is 0 Å². The van der Waals surface area contributed by atoms with E-state index in [0.29, 0.717) is 0 Å². The van der Waals surface area contributed by atoms with Crippen LogP contribution < -0.4 is 10.6 Å². The Balaban J connectivity index is 1.41. The summed E-state index contributed by atoms with van der Waals surface area (Å²) < 4.78 is 0. The van der Waals surface area contributed by atoms with Crippen LogP contribution >= 0.6 is 0 Å². The van der Waals surface area contributed by atoms with Gasteiger partial charge in [-0.15, -0.1) is 0 Å². The molecule has 0 unspecified atom stereocenters. The van der Waals surface area contributed by atoms with Gasteiger partial charge in [-0.1, -0.05) is 0 Å². The first-order valence-corrected chi connectivity index (χ1v) is 6.11. The standard InChI is InChI=1S/C11H23N3/c1(5-13-11-3-4-11)2-8-14-9-6-12-7-10-14/h11-13H,1-10H2. The number of unbranched alkanes of at least 4 members (excludes halogenated alkanes) is 1. The van der Waals surface area contributed by atoms with Crippen LogP contribution in [0.15, 0.2) is 0 Å². The molecule has 0 radical (unpaired) electrons. The summed E-state index contributed by atoms with van der Waals surface area (Å²) in [5.74, 6) is 0. The maximum Gasteiger partial charge on any atom is 0.0107 e. The van der Waals surface area contributed by atoms with Crippen molar-refractivity contribution in [2.75, 3.05) is 39.3 Å². The second-order valence-electron chi connectivity index (χ2n) is 4.53. The average Bonchev–Trinajstić information content (AvgIpc) is 3.03. The van der Waals surface area contributed by atoms with Crippen LogP contribution in [0.4, 0.5) is 0 Å². The predicted octanol–water partition coefficient (Wildman–Crippen LogP) is 0.424. The van der Waals surface area contributed by atoms with Gasteiger partial charge in [-0.25, -0.2) is 0 Å². The third kappa shape index (κ3) is 3.95. The molecule has 0 aromatic heterocycles. The van der Waals surface area contributed by atoms with Crippen molar-refractivity contribution >= 4 is 0 Å². The molecule has 3 heteroatoms. The van der Waals surface area contributed by atoms with E-state index in [4.69, 9.17) is 0 Å². The molecular weight excluding hydrogens is 174 g/mol. The molecular formula is C11H23N3. The molecule has 0 amide bonds. The van der Waals surface area contributed by atoms with Gasteiger partial charge < -0.3 is 15.5 Å². The van der Waals surface area contributed by atoms with E-state index in [9.17, 15) is 0 Å². The maximum atomic E-state index is 3.56. The Bertz CT molecular complexity index is 151. The first kappa shape index (κ1) is 10.4. The Morgan fingerprint density at radius 2 is 1.93 bits per heavy atom. The predicted molar refractivity (Wildman–Crippen MR) is 59.6 cm³/mol. The molecule has 0 aromatic carbocycles. The molecule has 3 nitrogen and oxygen atoms in total. The van der Waals surface area contributed by atoms with E-state index >= 15 is 0 Å². The highest BCUT2D eigenvalue weighted by molar-refractivity contribution is 4.80. The van der Waals surface area contributed by atoms with E-state index in [2.05, 4.69) is 15.5 Å². The Morgan fingerprint density at radius 3 is 2.64 bits per heavy atom. The van der Waals surface area contributed by atoms with Crippen molar-refractivity contribution in [1.29, 1.82) is 0 Å². The van der Waals surface area contributed by atoms with E-state index in [1.54, 1.807) is 0 Å². The van der Waals surface area contributed by atoms with E-state index < -0.39 is 0 Å². The zero-order valence-electron chi connectivity index (χ0n) is 9.10. The van der Waals surface area contributed by atoms with Crippen LogP contribution in [0.1, 0.15) is 25.7 Å². The number of nitrogens with one attached hydrogen (secondary N) is 2. The molecule has 2 N–H and O–H groups in total. The third-order valence-electron chi connectivity index (χ3n) is 3.12. The summed E-state index contributed by atoms with van der Waals surface area (Å²) in [6, 6.07) is 0.884. The summed E-state index contributed by atoms with van der Waals surface area (Å²) >= 11 is 0. The monoisotopic (exact) mass is 197 g/mol. The Hall–Kier alpha value is -0.120. The Labute approximate surface area is 87.2 Å². The van der Waals surface area contributed by atoms with Gasteiger partial charge in [-0.05, 0) is 38.8 Å². The summed E-state index contributed by atoms with van der Waals surface area (Å²) in [5.41, 5.74) is 0. The summed E-state index contributed by atoms with van der Waals surface area (Å²) in [7, 11) is 0. The van der Waals surface area contributed by atoms with Crippen molar-refractivity contribution in [3.05, 3.63) is 0 Å². The fraction of sp³-hybridized carbons (Fsp3) is 1.00. The summed E-state index contributed by atoms with van der Waals surface area (Å²) in [6.45, 7) is 7.39. The first-order chi connectivity index (χ1) is 6.95. The molecule has 0 atom stereocenters. The molecule has 0 bridgehead atoms. The number of piperazine rings is 1. The molecule has 1 saturated carbocycles. The number of nitrogens with zero attached hydrogens (tertiary/aromatic N) is 1. The summed E-state index contributed by atoms with van der Waals surface area (Å²) in [5, 5.41) is 6.95. The molecule has 2 aliphatic rings. The van der Waals surface area contributed by atoms with Gasteiger partial charge >= 0.3 is 0 Å². The smallest absolute Gasteiger partial charge is 0.0107 e. The SMILES string of the molecule is C(CCN1CCNCC1)CNC1CC1. The first-order valence-electron chi connectivity index (χ1n) is 6.11. The zero-order valence-corrected chi connectivity index (χ0v) is 9.10. The van der Waals surface area contributed by atoms with Gasteiger partial charge in [0.05, 0.1) is 0 Å².